The van der Waals surface area contributed by atoms with Crippen LogP contribution in [0.15, 0.2) is 40.4 Å². The van der Waals surface area contributed by atoms with E-state index in [0.717, 1.165) is 5.03 Å². The van der Waals surface area contributed by atoms with Crippen LogP contribution in [0, 0.1) is 5.82 Å². The minimum absolute atomic E-state index is 0.188. The molecule has 0 unspecified atom stereocenters. The standard InChI is InChI=1S/C13H12ClFN2OS/c1-2-18-11-6-12(10(16)5-9(11)15)19-13-4-3-8(14)7-17-13/h3-7H,2,16H2,1H3. The second-order valence-corrected chi connectivity index (χ2v) is 5.17. The lowest BCUT2D eigenvalue weighted by Gasteiger charge is -2.09. The molecule has 19 heavy (non-hydrogen) atoms. The number of benzene rings is 1. The second kappa shape index (κ2) is 6.12. The first-order valence-electron chi connectivity index (χ1n) is 5.61. The third kappa shape index (κ3) is 3.52. The molecule has 1 aromatic carbocycles. The van der Waals surface area contributed by atoms with Crippen LogP contribution >= 0.6 is 23.4 Å². The fourth-order valence-electron chi connectivity index (χ4n) is 1.44. The maximum absolute atomic E-state index is 13.6. The molecule has 0 saturated heterocycles. The zero-order valence-corrected chi connectivity index (χ0v) is 11.8. The number of nitrogens with two attached hydrogens (primary N) is 1. The van der Waals surface area contributed by atoms with Crippen molar-refractivity contribution in [1.82, 2.24) is 4.98 Å². The van der Waals surface area contributed by atoms with Crippen molar-refractivity contribution in [3.8, 4) is 5.75 Å². The Labute approximate surface area is 119 Å². The largest absolute Gasteiger partial charge is 0.491 e. The van der Waals surface area contributed by atoms with Crippen LogP contribution in [0.25, 0.3) is 0 Å². The van der Waals surface area contributed by atoms with Crippen molar-refractivity contribution in [1.29, 1.82) is 0 Å². The first-order chi connectivity index (χ1) is 9.10. The summed E-state index contributed by atoms with van der Waals surface area (Å²) in [6.07, 6.45) is 1.55. The summed E-state index contributed by atoms with van der Waals surface area (Å²) in [7, 11) is 0. The smallest absolute Gasteiger partial charge is 0.167 e. The van der Waals surface area contributed by atoms with Crippen molar-refractivity contribution in [2.45, 2.75) is 16.8 Å². The van der Waals surface area contributed by atoms with Gasteiger partial charge in [-0.15, -0.1) is 0 Å². The second-order valence-electron chi connectivity index (χ2n) is 3.67. The first-order valence-corrected chi connectivity index (χ1v) is 6.81. The van der Waals surface area contributed by atoms with Gasteiger partial charge in [0.1, 0.15) is 5.03 Å². The molecule has 0 spiro atoms. The van der Waals surface area contributed by atoms with Crippen LogP contribution in [0.4, 0.5) is 10.1 Å². The van der Waals surface area contributed by atoms with Crippen LogP contribution in [-0.4, -0.2) is 11.6 Å². The van der Waals surface area contributed by atoms with Crippen molar-refractivity contribution >= 4 is 29.1 Å². The van der Waals surface area contributed by atoms with E-state index in [-0.39, 0.29) is 5.75 Å². The average Bonchev–Trinajstić information content (AvgIpc) is 2.38. The van der Waals surface area contributed by atoms with Crippen molar-refractivity contribution in [3.63, 3.8) is 0 Å². The highest BCUT2D eigenvalue weighted by Gasteiger charge is 2.10. The molecule has 0 aliphatic rings. The molecule has 1 heterocycles. The summed E-state index contributed by atoms with van der Waals surface area (Å²) in [5, 5.41) is 1.29. The zero-order valence-electron chi connectivity index (χ0n) is 10.2. The lowest BCUT2D eigenvalue weighted by molar-refractivity contribution is 0.321. The topological polar surface area (TPSA) is 48.1 Å². The quantitative estimate of drug-likeness (QED) is 0.867. The highest BCUT2D eigenvalue weighted by atomic mass is 35.5. The summed E-state index contributed by atoms with van der Waals surface area (Å²) < 4.78 is 18.8. The van der Waals surface area contributed by atoms with Crippen molar-refractivity contribution in [3.05, 3.63) is 41.3 Å². The molecule has 100 valence electrons. The molecule has 2 rings (SSSR count). The molecule has 0 bridgehead atoms. The van der Waals surface area contributed by atoms with Gasteiger partial charge in [0.15, 0.2) is 11.6 Å². The summed E-state index contributed by atoms with van der Waals surface area (Å²) in [5.41, 5.74) is 6.14. The van der Waals surface area contributed by atoms with Crippen LogP contribution in [-0.2, 0) is 0 Å². The highest BCUT2D eigenvalue weighted by molar-refractivity contribution is 7.99. The molecule has 0 aliphatic carbocycles. The molecular weight excluding hydrogens is 287 g/mol. The summed E-state index contributed by atoms with van der Waals surface area (Å²) in [5.74, 6) is -0.277. The van der Waals surface area contributed by atoms with Gasteiger partial charge in [-0.2, -0.15) is 0 Å². The number of hydrogen-bond acceptors (Lipinski definition) is 4. The minimum atomic E-state index is -0.465. The summed E-state index contributed by atoms with van der Waals surface area (Å²) in [6, 6.07) is 6.34. The predicted octanol–water partition coefficient (Wildman–Crippen LogP) is 4.01. The lowest BCUT2D eigenvalue weighted by atomic mass is 10.3. The average molecular weight is 299 g/mol. The van der Waals surface area contributed by atoms with Gasteiger partial charge in [-0.05, 0) is 25.1 Å². The maximum Gasteiger partial charge on any atom is 0.167 e. The van der Waals surface area contributed by atoms with Crippen LogP contribution in [0.5, 0.6) is 5.75 Å². The van der Waals surface area contributed by atoms with E-state index in [1.807, 2.05) is 0 Å². The Hall–Kier alpha value is -1.46. The molecule has 0 amide bonds. The van der Waals surface area contributed by atoms with E-state index in [1.165, 1.54) is 17.8 Å². The van der Waals surface area contributed by atoms with E-state index in [2.05, 4.69) is 4.98 Å². The van der Waals surface area contributed by atoms with Crippen molar-refractivity contribution in [2.24, 2.45) is 0 Å². The predicted molar refractivity (Wildman–Crippen MR) is 75.4 cm³/mol. The van der Waals surface area contributed by atoms with Crippen molar-refractivity contribution in [2.75, 3.05) is 12.3 Å². The molecule has 1 aromatic heterocycles. The third-order valence-corrected chi connectivity index (χ3v) is 3.53. The van der Waals surface area contributed by atoms with Gasteiger partial charge in [0.05, 0.1) is 11.6 Å². The number of nitrogen functional groups attached to an aromatic ring is 1. The number of nitrogens with zero attached hydrogens (tertiary/aromatic N) is 1. The van der Waals surface area contributed by atoms with E-state index in [0.29, 0.717) is 22.2 Å². The van der Waals surface area contributed by atoms with Crippen LogP contribution in [0.1, 0.15) is 6.92 Å². The molecular formula is C13H12ClFN2OS. The van der Waals surface area contributed by atoms with E-state index in [9.17, 15) is 4.39 Å². The Morgan fingerprint density at radius 2 is 2.21 bits per heavy atom. The SMILES string of the molecule is CCOc1cc(Sc2ccc(Cl)cn2)c(N)cc1F. The Morgan fingerprint density at radius 3 is 2.84 bits per heavy atom. The fourth-order valence-corrected chi connectivity index (χ4v) is 2.36. The molecule has 3 nitrogen and oxygen atoms in total. The molecule has 0 aliphatic heterocycles. The normalized spacial score (nSPS) is 10.5. The van der Waals surface area contributed by atoms with E-state index in [4.69, 9.17) is 22.1 Å². The number of halogens is 2. The minimum Gasteiger partial charge on any atom is -0.491 e. The van der Waals surface area contributed by atoms with Crippen LogP contribution < -0.4 is 10.5 Å². The number of anilines is 1. The molecule has 2 N–H and O–H groups in total. The molecule has 2 aromatic rings. The van der Waals surface area contributed by atoms with Gasteiger partial charge in [-0.3, -0.25) is 0 Å². The highest BCUT2D eigenvalue weighted by Crippen LogP contribution is 2.35. The fraction of sp³-hybridized carbons (Fsp3) is 0.154. The number of ether oxygens (including phenoxy) is 1. The number of aromatic nitrogens is 1. The number of pyridine rings is 1. The Bertz CT molecular complexity index is 578. The van der Waals surface area contributed by atoms with E-state index in [1.54, 1.807) is 31.3 Å². The Morgan fingerprint density at radius 1 is 1.42 bits per heavy atom. The first kappa shape index (κ1) is 14.0. The molecule has 0 saturated carbocycles. The Kier molecular flexibility index (Phi) is 4.50. The van der Waals surface area contributed by atoms with Crippen LogP contribution in [0.3, 0.4) is 0 Å². The van der Waals surface area contributed by atoms with Gasteiger partial charge in [0.2, 0.25) is 0 Å². The van der Waals surface area contributed by atoms with Gasteiger partial charge < -0.3 is 10.5 Å². The molecule has 0 fully saturated rings. The molecule has 0 radical (unpaired) electrons. The van der Waals surface area contributed by atoms with E-state index < -0.39 is 5.82 Å². The Balaban J connectivity index is 2.28. The van der Waals surface area contributed by atoms with E-state index >= 15 is 0 Å². The molecule has 0 atom stereocenters. The monoisotopic (exact) mass is 298 g/mol. The maximum atomic E-state index is 13.6. The van der Waals surface area contributed by atoms with Gasteiger partial charge in [-0.1, -0.05) is 23.4 Å². The van der Waals surface area contributed by atoms with Gasteiger partial charge in [0.25, 0.3) is 0 Å². The molecule has 6 heteroatoms. The summed E-state index contributed by atoms with van der Waals surface area (Å²) >= 11 is 7.10. The summed E-state index contributed by atoms with van der Waals surface area (Å²) in [6.45, 7) is 2.19. The van der Waals surface area contributed by atoms with Gasteiger partial charge in [-0.25, -0.2) is 9.37 Å². The number of rotatable bonds is 4. The van der Waals surface area contributed by atoms with Crippen molar-refractivity contribution < 1.29 is 9.13 Å². The van der Waals surface area contributed by atoms with Crippen LogP contribution in [0.2, 0.25) is 5.02 Å². The summed E-state index contributed by atoms with van der Waals surface area (Å²) in [4.78, 5) is 4.85. The zero-order chi connectivity index (χ0) is 13.8. The van der Waals surface area contributed by atoms with Gasteiger partial charge >= 0.3 is 0 Å². The lowest BCUT2D eigenvalue weighted by Crippen LogP contribution is -1.98. The number of hydrogen-bond donors (Lipinski definition) is 1. The third-order valence-electron chi connectivity index (χ3n) is 2.28. The van der Waals surface area contributed by atoms with Gasteiger partial charge in [0, 0.05) is 22.8 Å².